The molecule has 1 aliphatic rings. The largest absolute Gasteiger partial charge is 0.344 e. The number of nitrogens with zero attached hydrogens (tertiary/aromatic N) is 4. The van der Waals surface area contributed by atoms with Crippen molar-refractivity contribution in [3.8, 4) is 5.69 Å². The van der Waals surface area contributed by atoms with Crippen molar-refractivity contribution in [1.82, 2.24) is 25.5 Å². The molecule has 3 rings (SSSR count). The van der Waals surface area contributed by atoms with Gasteiger partial charge in [0.1, 0.15) is 5.54 Å². The first kappa shape index (κ1) is 13.7. The molecule has 0 bridgehead atoms. The lowest BCUT2D eigenvalue weighted by atomic mass is 9.80. The van der Waals surface area contributed by atoms with Crippen LogP contribution in [0.15, 0.2) is 30.3 Å². The molecule has 6 nitrogen and oxygen atoms in total. The van der Waals surface area contributed by atoms with E-state index in [0.717, 1.165) is 37.2 Å². The number of tetrazole rings is 1. The second-order valence-corrected chi connectivity index (χ2v) is 5.57. The smallest absolute Gasteiger partial charge is 0.217 e. The van der Waals surface area contributed by atoms with E-state index in [1.54, 1.807) is 11.6 Å². The van der Waals surface area contributed by atoms with Crippen LogP contribution in [0.5, 0.6) is 0 Å². The molecule has 1 amide bonds. The van der Waals surface area contributed by atoms with Gasteiger partial charge in [0.15, 0.2) is 5.82 Å². The molecular formula is C15H19N5O. The Labute approximate surface area is 123 Å². The summed E-state index contributed by atoms with van der Waals surface area (Å²) in [5, 5.41) is 15.3. The van der Waals surface area contributed by atoms with Crippen molar-refractivity contribution in [2.75, 3.05) is 0 Å². The quantitative estimate of drug-likeness (QED) is 0.935. The van der Waals surface area contributed by atoms with E-state index in [2.05, 4.69) is 20.8 Å². The number of rotatable bonds is 3. The van der Waals surface area contributed by atoms with Gasteiger partial charge in [0.2, 0.25) is 5.91 Å². The van der Waals surface area contributed by atoms with Crippen molar-refractivity contribution in [2.24, 2.45) is 0 Å². The molecule has 1 aromatic carbocycles. The Bertz CT molecular complexity index is 616. The van der Waals surface area contributed by atoms with Crippen LogP contribution in [0.2, 0.25) is 0 Å². The fourth-order valence-electron chi connectivity index (χ4n) is 3.13. The molecule has 1 saturated carbocycles. The van der Waals surface area contributed by atoms with E-state index in [9.17, 15) is 4.79 Å². The predicted octanol–water partition coefficient (Wildman–Crippen LogP) is 1.96. The molecule has 6 heteroatoms. The fraction of sp³-hybridized carbons (Fsp3) is 0.467. The van der Waals surface area contributed by atoms with Crippen LogP contribution >= 0.6 is 0 Å². The molecular weight excluding hydrogens is 266 g/mol. The van der Waals surface area contributed by atoms with E-state index in [1.807, 2.05) is 30.3 Å². The second kappa shape index (κ2) is 5.63. The SMILES string of the molecule is CC(=O)NC1(c2nnnn2-c2ccccc2)CCCCC1. The number of hydrogen-bond acceptors (Lipinski definition) is 4. The van der Waals surface area contributed by atoms with Gasteiger partial charge in [-0.05, 0) is 35.4 Å². The molecule has 1 aromatic heterocycles. The molecule has 2 aromatic rings. The van der Waals surface area contributed by atoms with Gasteiger partial charge in [-0.1, -0.05) is 37.5 Å². The number of carbonyl (C=O) groups excluding carboxylic acids is 1. The Morgan fingerprint density at radius 2 is 1.90 bits per heavy atom. The summed E-state index contributed by atoms with van der Waals surface area (Å²) in [6, 6.07) is 9.78. The number of aromatic nitrogens is 4. The van der Waals surface area contributed by atoms with Gasteiger partial charge in [-0.3, -0.25) is 4.79 Å². The summed E-state index contributed by atoms with van der Waals surface area (Å²) in [6.07, 6.45) is 5.08. The topological polar surface area (TPSA) is 72.7 Å². The zero-order valence-electron chi connectivity index (χ0n) is 12.1. The lowest BCUT2D eigenvalue weighted by Gasteiger charge is -2.36. The van der Waals surface area contributed by atoms with E-state index in [1.165, 1.54) is 6.42 Å². The van der Waals surface area contributed by atoms with Gasteiger partial charge in [-0.25, -0.2) is 0 Å². The van der Waals surface area contributed by atoms with Gasteiger partial charge < -0.3 is 5.32 Å². The fourth-order valence-corrected chi connectivity index (χ4v) is 3.13. The highest BCUT2D eigenvalue weighted by atomic mass is 16.1. The second-order valence-electron chi connectivity index (χ2n) is 5.57. The minimum Gasteiger partial charge on any atom is -0.344 e. The molecule has 0 atom stereocenters. The van der Waals surface area contributed by atoms with E-state index in [4.69, 9.17) is 0 Å². The van der Waals surface area contributed by atoms with Gasteiger partial charge >= 0.3 is 0 Å². The minimum atomic E-state index is -0.455. The summed E-state index contributed by atoms with van der Waals surface area (Å²) in [7, 11) is 0. The molecule has 21 heavy (non-hydrogen) atoms. The van der Waals surface area contributed by atoms with E-state index >= 15 is 0 Å². The van der Waals surface area contributed by atoms with Crippen molar-refractivity contribution in [3.63, 3.8) is 0 Å². The molecule has 1 heterocycles. The van der Waals surface area contributed by atoms with Gasteiger partial charge in [-0.2, -0.15) is 4.68 Å². The Morgan fingerprint density at radius 1 is 1.19 bits per heavy atom. The van der Waals surface area contributed by atoms with Crippen LogP contribution in [-0.4, -0.2) is 26.1 Å². The average Bonchev–Trinajstić information content (AvgIpc) is 2.98. The van der Waals surface area contributed by atoms with Crippen molar-refractivity contribution in [2.45, 2.75) is 44.6 Å². The third-order valence-corrected chi connectivity index (χ3v) is 4.02. The van der Waals surface area contributed by atoms with E-state index < -0.39 is 5.54 Å². The maximum Gasteiger partial charge on any atom is 0.217 e. The molecule has 1 aliphatic carbocycles. The number of benzene rings is 1. The predicted molar refractivity (Wildman–Crippen MR) is 77.7 cm³/mol. The van der Waals surface area contributed by atoms with Gasteiger partial charge in [0.25, 0.3) is 0 Å². The van der Waals surface area contributed by atoms with Crippen LogP contribution in [0, 0.1) is 0 Å². The first-order valence-electron chi connectivity index (χ1n) is 7.34. The summed E-state index contributed by atoms with van der Waals surface area (Å²) in [5.74, 6) is 0.683. The highest BCUT2D eigenvalue weighted by Gasteiger charge is 2.39. The maximum absolute atomic E-state index is 11.7. The number of nitrogens with one attached hydrogen (secondary N) is 1. The third-order valence-electron chi connectivity index (χ3n) is 4.02. The van der Waals surface area contributed by atoms with Crippen LogP contribution in [0.4, 0.5) is 0 Å². The molecule has 0 saturated heterocycles. The summed E-state index contributed by atoms with van der Waals surface area (Å²) in [6.45, 7) is 1.55. The molecule has 0 radical (unpaired) electrons. The van der Waals surface area contributed by atoms with E-state index in [-0.39, 0.29) is 5.91 Å². The number of carbonyl (C=O) groups is 1. The van der Waals surface area contributed by atoms with Crippen LogP contribution in [-0.2, 0) is 10.3 Å². The van der Waals surface area contributed by atoms with Crippen LogP contribution in [0.25, 0.3) is 5.69 Å². The first-order valence-corrected chi connectivity index (χ1v) is 7.34. The highest BCUT2D eigenvalue weighted by molar-refractivity contribution is 5.74. The number of amides is 1. The highest BCUT2D eigenvalue weighted by Crippen LogP contribution is 2.36. The summed E-state index contributed by atoms with van der Waals surface area (Å²) >= 11 is 0. The molecule has 0 unspecified atom stereocenters. The Kier molecular flexibility index (Phi) is 3.68. The monoisotopic (exact) mass is 285 g/mol. The summed E-state index contributed by atoms with van der Waals surface area (Å²) in [4.78, 5) is 11.7. The zero-order chi connectivity index (χ0) is 14.7. The summed E-state index contributed by atoms with van der Waals surface area (Å²) in [5.41, 5.74) is 0.455. The molecule has 1 fully saturated rings. The zero-order valence-corrected chi connectivity index (χ0v) is 12.1. The van der Waals surface area contributed by atoms with Gasteiger partial charge in [-0.15, -0.1) is 5.10 Å². The number of para-hydroxylation sites is 1. The average molecular weight is 285 g/mol. The first-order chi connectivity index (χ1) is 10.2. The van der Waals surface area contributed by atoms with Crippen molar-refractivity contribution in [3.05, 3.63) is 36.2 Å². The van der Waals surface area contributed by atoms with Crippen molar-refractivity contribution < 1.29 is 4.79 Å². The van der Waals surface area contributed by atoms with E-state index in [0.29, 0.717) is 0 Å². The van der Waals surface area contributed by atoms with Crippen LogP contribution < -0.4 is 5.32 Å². The van der Waals surface area contributed by atoms with Crippen LogP contribution in [0.3, 0.4) is 0 Å². The van der Waals surface area contributed by atoms with Crippen molar-refractivity contribution in [1.29, 1.82) is 0 Å². The Morgan fingerprint density at radius 3 is 2.57 bits per heavy atom. The van der Waals surface area contributed by atoms with Gasteiger partial charge in [0, 0.05) is 6.92 Å². The third kappa shape index (κ3) is 2.66. The molecule has 0 spiro atoms. The Balaban J connectivity index is 2.05. The Hall–Kier alpha value is -2.24. The minimum absolute atomic E-state index is 0.0421. The maximum atomic E-state index is 11.7. The lowest BCUT2D eigenvalue weighted by molar-refractivity contribution is -0.121. The summed E-state index contributed by atoms with van der Waals surface area (Å²) < 4.78 is 1.74. The molecule has 1 N–H and O–H groups in total. The van der Waals surface area contributed by atoms with Crippen molar-refractivity contribution >= 4 is 5.91 Å². The lowest BCUT2D eigenvalue weighted by Crippen LogP contribution is -2.48. The normalized spacial score (nSPS) is 17.4. The molecule has 110 valence electrons. The van der Waals surface area contributed by atoms with Crippen LogP contribution in [0.1, 0.15) is 44.9 Å². The molecule has 0 aliphatic heterocycles. The standard InChI is InChI=1S/C15H19N5O/c1-12(21)16-15(10-6-3-7-11-15)14-17-18-19-20(14)13-8-4-2-5-9-13/h2,4-5,8-9H,3,6-7,10-11H2,1H3,(H,16,21). The number of hydrogen-bond donors (Lipinski definition) is 1. The van der Waals surface area contributed by atoms with Gasteiger partial charge in [0.05, 0.1) is 5.69 Å².